The number of rotatable bonds is 4. The second kappa shape index (κ2) is 4.86. The first-order valence-corrected chi connectivity index (χ1v) is 4.78. The summed E-state index contributed by atoms with van der Waals surface area (Å²) < 4.78 is 0. The van der Waals surface area contributed by atoms with E-state index in [9.17, 15) is 4.79 Å². The molecule has 1 unspecified atom stereocenters. The first-order valence-electron chi connectivity index (χ1n) is 4.78. The van der Waals surface area contributed by atoms with Gasteiger partial charge in [-0.3, -0.25) is 9.78 Å². The molecule has 76 valence electrons. The summed E-state index contributed by atoms with van der Waals surface area (Å²) in [7, 11) is 0. The molecule has 1 heterocycles. The van der Waals surface area contributed by atoms with Crippen molar-refractivity contribution in [2.24, 2.45) is 11.7 Å². The SMILES string of the molecule is CC(C)C(N)C(=O)Cc1ccncc1. The molecule has 0 aliphatic heterocycles. The fraction of sp³-hybridized carbons (Fsp3) is 0.455. The van der Waals surface area contributed by atoms with Crippen LogP contribution in [0, 0.1) is 5.92 Å². The van der Waals surface area contributed by atoms with Crippen molar-refractivity contribution < 1.29 is 4.79 Å². The third-order valence-corrected chi connectivity index (χ3v) is 2.22. The largest absolute Gasteiger partial charge is 0.321 e. The highest BCUT2D eigenvalue weighted by Gasteiger charge is 2.16. The number of ketones is 1. The van der Waals surface area contributed by atoms with E-state index in [-0.39, 0.29) is 17.7 Å². The molecule has 1 atom stereocenters. The zero-order valence-corrected chi connectivity index (χ0v) is 8.60. The number of nitrogens with zero attached hydrogens (tertiary/aromatic N) is 1. The molecule has 1 aromatic rings. The van der Waals surface area contributed by atoms with Gasteiger partial charge >= 0.3 is 0 Å². The second-order valence-electron chi connectivity index (χ2n) is 3.77. The molecule has 3 heteroatoms. The molecule has 0 aromatic carbocycles. The molecule has 3 nitrogen and oxygen atoms in total. The fourth-order valence-corrected chi connectivity index (χ4v) is 1.19. The van der Waals surface area contributed by atoms with Gasteiger partial charge in [0, 0.05) is 18.8 Å². The zero-order chi connectivity index (χ0) is 10.6. The van der Waals surface area contributed by atoms with Crippen molar-refractivity contribution in [3.05, 3.63) is 30.1 Å². The van der Waals surface area contributed by atoms with Gasteiger partial charge in [-0.2, -0.15) is 0 Å². The predicted molar refractivity (Wildman–Crippen MR) is 55.8 cm³/mol. The molecule has 0 amide bonds. The third-order valence-electron chi connectivity index (χ3n) is 2.22. The van der Waals surface area contributed by atoms with Gasteiger partial charge in [0.15, 0.2) is 5.78 Å². The van der Waals surface area contributed by atoms with Crippen LogP contribution in [0.1, 0.15) is 19.4 Å². The predicted octanol–water partition coefficient (Wildman–Crippen LogP) is 1.18. The average Bonchev–Trinajstić information content (AvgIpc) is 2.18. The van der Waals surface area contributed by atoms with Crippen LogP contribution in [0.4, 0.5) is 0 Å². The molecule has 0 aliphatic rings. The number of pyridine rings is 1. The molecular weight excluding hydrogens is 176 g/mol. The lowest BCUT2D eigenvalue weighted by atomic mass is 9.97. The molecule has 0 aliphatic carbocycles. The lowest BCUT2D eigenvalue weighted by Gasteiger charge is -2.13. The summed E-state index contributed by atoms with van der Waals surface area (Å²) >= 11 is 0. The van der Waals surface area contributed by atoms with Crippen molar-refractivity contribution in [1.29, 1.82) is 0 Å². The van der Waals surface area contributed by atoms with E-state index in [2.05, 4.69) is 4.98 Å². The average molecular weight is 192 g/mol. The minimum absolute atomic E-state index is 0.0891. The van der Waals surface area contributed by atoms with E-state index < -0.39 is 0 Å². The maximum atomic E-state index is 11.6. The summed E-state index contributed by atoms with van der Waals surface area (Å²) in [4.78, 5) is 15.5. The quantitative estimate of drug-likeness (QED) is 0.779. The van der Waals surface area contributed by atoms with Crippen molar-refractivity contribution in [2.75, 3.05) is 0 Å². The van der Waals surface area contributed by atoms with Crippen LogP contribution in [0.3, 0.4) is 0 Å². The van der Waals surface area contributed by atoms with Gasteiger partial charge in [0.25, 0.3) is 0 Å². The summed E-state index contributed by atoms with van der Waals surface area (Å²) in [5, 5.41) is 0. The first kappa shape index (κ1) is 10.9. The summed E-state index contributed by atoms with van der Waals surface area (Å²) in [6.07, 6.45) is 3.77. The highest BCUT2D eigenvalue weighted by atomic mass is 16.1. The summed E-state index contributed by atoms with van der Waals surface area (Å²) in [5.74, 6) is 0.288. The molecule has 0 saturated heterocycles. The maximum Gasteiger partial charge on any atom is 0.154 e. The van der Waals surface area contributed by atoms with Crippen LogP contribution in [0.2, 0.25) is 0 Å². The Balaban J connectivity index is 2.58. The lowest BCUT2D eigenvalue weighted by molar-refractivity contribution is -0.120. The van der Waals surface area contributed by atoms with Crippen molar-refractivity contribution in [3.8, 4) is 0 Å². The van der Waals surface area contributed by atoms with Crippen LogP contribution < -0.4 is 5.73 Å². The number of hydrogen-bond acceptors (Lipinski definition) is 3. The molecule has 14 heavy (non-hydrogen) atoms. The zero-order valence-electron chi connectivity index (χ0n) is 8.60. The van der Waals surface area contributed by atoms with Crippen LogP contribution in [0.25, 0.3) is 0 Å². The highest BCUT2D eigenvalue weighted by Crippen LogP contribution is 2.05. The Morgan fingerprint density at radius 2 is 2.00 bits per heavy atom. The van der Waals surface area contributed by atoms with Crippen LogP contribution in [-0.4, -0.2) is 16.8 Å². The Bertz CT molecular complexity index is 295. The fourth-order valence-electron chi connectivity index (χ4n) is 1.19. The van der Waals surface area contributed by atoms with Gasteiger partial charge < -0.3 is 5.73 Å². The van der Waals surface area contributed by atoms with Gasteiger partial charge in [0.2, 0.25) is 0 Å². The number of nitrogens with two attached hydrogens (primary N) is 1. The lowest BCUT2D eigenvalue weighted by Crippen LogP contribution is -2.36. The Morgan fingerprint density at radius 3 is 2.50 bits per heavy atom. The van der Waals surface area contributed by atoms with Crippen LogP contribution in [0.15, 0.2) is 24.5 Å². The number of aromatic nitrogens is 1. The van der Waals surface area contributed by atoms with E-state index in [1.165, 1.54) is 0 Å². The van der Waals surface area contributed by atoms with Crippen molar-refractivity contribution in [1.82, 2.24) is 4.98 Å². The Morgan fingerprint density at radius 1 is 1.43 bits per heavy atom. The third kappa shape index (κ3) is 2.92. The van der Waals surface area contributed by atoms with Crippen molar-refractivity contribution in [3.63, 3.8) is 0 Å². The molecule has 0 saturated carbocycles. The monoisotopic (exact) mass is 192 g/mol. The smallest absolute Gasteiger partial charge is 0.154 e. The van der Waals surface area contributed by atoms with Gasteiger partial charge in [-0.15, -0.1) is 0 Å². The van der Waals surface area contributed by atoms with Gasteiger partial charge in [-0.1, -0.05) is 13.8 Å². The Hall–Kier alpha value is -1.22. The maximum absolute atomic E-state index is 11.6. The first-order chi connectivity index (χ1) is 6.61. The van der Waals surface area contributed by atoms with Gasteiger partial charge in [-0.05, 0) is 23.6 Å². The topological polar surface area (TPSA) is 56.0 Å². The van der Waals surface area contributed by atoms with E-state index >= 15 is 0 Å². The van der Waals surface area contributed by atoms with E-state index in [0.29, 0.717) is 6.42 Å². The molecular formula is C11H16N2O. The van der Waals surface area contributed by atoms with E-state index in [4.69, 9.17) is 5.73 Å². The van der Waals surface area contributed by atoms with Crippen LogP contribution in [0.5, 0.6) is 0 Å². The molecule has 1 rings (SSSR count). The van der Waals surface area contributed by atoms with Gasteiger partial charge in [0.1, 0.15) is 0 Å². The van der Waals surface area contributed by atoms with Crippen molar-refractivity contribution in [2.45, 2.75) is 26.3 Å². The minimum atomic E-state index is -0.358. The summed E-state index contributed by atoms with van der Waals surface area (Å²) in [5.41, 5.74) is 6.72. The summed E-state index contributed by atoms with van der Waals surface area (Å²) in [6.45, 7) is 3.91. The van der Waals surface area contributed by atoms with E-state index in [0.717, 1.165) is 5.56 Å². The number of carbonyl (C=O) groups excluding carboxylic acids is 1. The van der Waals surface area contributed by atoms with E-state index in [1.54, 1.807) is 12.4 Å². The number of carbonyl (C=O) groups is 1. The normalized spacial score (nSPS) is 12.9. The summed E-state index contributed by atoms with van der Waals surface area (Å²) in [6, 6.07) is 3.32. The van der Waals surface area contributed by atoms with Gasteiger partial charge in [-0.25, -0.2) is 0 Å². The standard InChI is InChI=1S/C11H16N2O/c1-8(2)11(12)10(14)7-9-3-5-13-6-4-9/h3-6,8,11H,7,12H2,1-2H3. The minimum Gasteiger partial charge on any atom is -0.321 e. The number of Topliss-reactive ketones (excluding diaryl/α,β-unsaturated/α-hetero) is 1. The molecule has 0 bridgehead atoms. The van der Waals surface area contributed by atoms with E-state index in [1.807, 2.05) is 26.0 Å². The van der Waals surface area contributed by atoms with Crippen LogP contribution >= 0.6 is 0 Å². The van der Waals surface area contributed by atoms with Crippen LogP contribution in [-0.2, 0) is 11.2 Å². The molecule has 0 spiro atoms. The number of hydrogen-bond donors (Lipinski definition) is 1. The van der Waals surface area contributed by atoms with Gasteiger partial charge in [0.05, 0.1) is 6.04 Å². The second-order valence-corrected chi connectivity index (χ2v) is 3.77. The van der Waals surface area contributed by atoms with Crippen molar-refractivity contribution >= 4 is 5.78 Å². The Kier molecular flexibility index (Phi) is 3.77. The molecule has 0 radical (unpaired) electrons. The highest BCUT2D eigenvalue weighted by molar-refractivity contribution is 5.86. The molecule has 2 N–H and O–H groups in total. The Labute approximate surface area is 84.3 Å². The molecule has 1 aromatic heterocycles. The molecule has 0 fully saturated rings.